The lowest BCUT2D eigenvalue weighted by atomic mass is 9.95. The van der Waals surface area contributed by atoms with E-state index in [2.05, 4.69) is 27.4 Å². The van der Waals surface area contributed by atoms with Crippen molar-refractivity contribution >= 4 is 5.91 Å². The maximum Gasteiger partial charge on any atom is 0.254 e. The summed E-state index contributed by atoms with van der Waals surface area (Å²) in [6.45, 7) is 1.88. The van der Waals surface area contributed by atoms with Gasteiger partial charge in [-0.05, 0) is 25.3 Å². The maximum atomic E-state index is 12.4. The number of hydrogen-bond acceptors (Lipinski definition) is 3. The summed E-state index contributed by atoms with van der Waals surface area (Å²) in [4.78, 5) is 21.3. The standard InChI is InChI=1S/C19H23N3O/c1-14-17(19(23)22-16-10-6-3-7-11-16)13-20-18(21-14)12-15-8-4-2-5-9-15/h2,4-5,8-9,13,16H,3,6-7,10-12H2,1H3,(H,22,23). The molecule has 4 heteroatoms. The molecule has 0 spiro atoms. The number of nitrogens with one attached hydrogen (secondary N) is 1. The van der Waals surface area contributed by atoms with Crippen molar-refractivity contribution in [1.29, 1.82) is 0 Å². The zero-order valence-electron chi connectivity index (χ0n) is 13.6. The van der Waals surface area contributed by atoms with Crippen molar-refractivity contribution < 1.29 is 4.79 Å². The van der Waals surface area contributed by atoms with Crippen LogP contribution >= 0.6 is 0 Å². The topological polar surface area (TPSA) is 54.9 Å². The zero-order valence-corrected chi connectivity index (χ0v) is 13.6. The number of hydrogen-bond donors (Lipinski definition) is 1. The van der Waals surface area contributed by atoms with Crippen molar-refractivity contribution in [3.63, 3.8) is 0 Å². The first kappa shape index (κ1) is 15.7. The summed E-state index contributed by atoms with van der Waals surface area (Å²) in [6, 6.07) is 10.4. The van der Waals surface area contributed by atoms with Gasteiger partial charge in [0.2, 0.25) is 0 Å². The molecule has 3 rings (SSSR count). The van der Waals surface area contributed by atoms with Crippen molar-refractivity contribution in [2.45, 2.75) is 51.5 Å². The Balaban J connectivity index is 1.67. The van der Waals surface area contributed by atoms with Gasteiger partial charge in [-0.1, -0.05) is 49.6 Å². The minimum Gasteiger partial charge on any atom is -0.349 e. The number of aryl methyl sites for hydroxylation is 1. The van der Waals surface area contributed by atoms with Gasteiger partial charge in [0.25, 0.3) is 5.91 Å². The lowest BCUT2D eigenvalue weighted by molar-refractivity contribution is 0.0926. The average Bonchev–Trinajstić information content (AvgIpc) is 2.57. The van der Waals surface area contributed by atoms with E-state index in [1.807, 2.05) is 25.1 Å². The first-order chi connectivity index (χ1) is 11.2. The van der Waals surface area contributed by atoms with Crippen LogP contribution in [0, 0.1) is 6.92 Å². The Labute approximate surface area is 137 Å². The SMILES string of the molecule is Cc1nc(Cc2ccccc2)ncc1C(=O)NC1CCCCC1. The Morgan fingerprint density at radius 2 is 1.91 bits per heavy atom. The number of aromatic nitrogens is 2. The second kappa shape index (κ2) is 7.36. The second-order valence-electron chi connectivity index (χ2n) is 6.26. The van der Waals surface area contributed by atoms with Crippen LogP contribution in [0.4, 0.5) is 0 Å². The third kappa shape index (κ3) is 4.15. The van der Waals surface area contributed by atoms with Gasteiger partial charge in [0.15, 0.2) is 0 Å². The number of amides is 1. The molecule has 1 aromatic heterocycles. The molecule has 1 saturated carbocycles. The van der Waals surface area contributed by atoms with E-state index in [0.29, 0.717) is 18.0 Å². The second-order valence-corrected chi connectivity index (χ2v) is 6.26. The van der Waals surface area contributed by atoms with Crippen LogP contribution < -0.4 is 5.32 Å². The molecule has 2 aromatic rings. The monoisotopic (exact) mass is 309 g/mol. The molecule has 1 aliphatic rings. The van der Waals surface area contributed by atoms with Crippen LogP contribution in [0.3, 0.4) is 0 Å². The number of nitrogens with zero attached hydrogens (tertiary/aromatic N) is 2. The van der Waals surface area contributed by atoms with Gasteiger partial charge in [0.1, 0.15) is 5.82 Å². The smallest absolute Gasteiger partial charge is 0.254 e. The molecule has 1 aromatic carbocycles. The van der Waals surface area contributed by atoms with Crippen LogP contribution in [0.2, 0.25) is 0 Å². The van der Waals surface area contributed by atoms with Gasteiger partial charge < -0.3 is 5.32 Å². The van der Waals surface area contributed by atoms with Gasteiger partial charge in [-0.2, -0.15) is 0 Å². The fourth-order valence-corrected chi connectivity index (χ4v) is 3.11. The van der Waals surface area contributed by atoms with Crippen LogP contribution in [0.25, 0.3) is 0 Å². The molecule has 1 aliphatic carbocycles. The first-order valence-electron chi connectivity index (χ1n) is 8.39. The van der Waals surface area contributed by atoms with Crippen LogP contribution in [0.5, 0.6) is 0 Å². The number of carbonyl (C=O) groups excluding carboxylic acids is 1. The van der Waals surface area contributed by atoms with Crippen LogP contribution in [-0.4, -0.2) is 21.9 Å². The van der Waals surface area contributed by atoms with Gasteiger partial charge in [0.05, 0.1) is 11.3 Å². The van der Waals surface area contributed by atoms with Crippen molar-refractivity contribution in [2.75, 3.05) is 0 Å². The molecule has 1 amide bonds. The number of carbonyl (C=O) groups is 1. The third-order valence-corrected chi connectivity index (χ3v) is 4.42. The summed E-state index contributed by atoms with van der Waals surface area (Å²) < 4.78 is 0. The quantitative estimate of drug-likeness (QED) is 0.941. The summed E-state index contributed by atoms with van der Waals surface area (Å²) in [5.74, 6) is 0.712. The minimum atomic E-state index is -0.0411. The molecule has 0 atom stereocenters. The van der Waals surface area contributed by atoms with Crippen LogP contribution in [0.15, 0.2) is 36.5 Å². The lowest BCUT2D eigenvalue weighted by Crippen LogP contribution is -2.36. The van der Waals surface area contributed by atoms with E-state index >= 15 is 0 Å². The fourth-order valence-electron chi connectivity index (χ4n) is 3.11. The Bertz CT molecular complexity index is 664. The van der Waals surface area contributed by atoms with Gasteiger partial charge in [0, 0.05) is 18.7 Å². The summed E-state index contributed by atoms with van der Waals surface area (Å²) in [5, 5.41) is 3.13. The Morgan fingerprint density at radius 3 is 2.61 bits per heavy atom. The highest BCUT2D eigenvalue weighted by atomic mass is 16.1. The van der Waals surface area contributed by atoms with Gasteiger partial charge in [-0.15, -0.1) is 0 Å². The minimum absolute atomic E-state index is 0.0411. The van der Waals surface area contributed by atoms with E-state index < -0.39 is 0 Å². The molecular formula is C19H23N3O. The van der Waals surface area contributed by atoms with Crippen LogP contribution in [0.1, 0.15) is 59.5 Å². The molecule has 23 heavy (non-hydrogen) atoms. The van der Waals surface area contributed by atoms with Gasteiger partial charge >= 0.3 is 0 Å². The van der Waals surface area contributed by atoms with E-state index in [1.165, 1.54) is 24.8 Å². The van der Waals surface area contributed by atoms with E-state index in [0.717, 1.165) is 24.4 Å². The normalized spacial score (nSPS) is 15.3. The lowest BCUT2D eigenvalue weighted by Gasteiger charge is -2.23. The largest absolute Gasteiger partial charge is 0.349 e. The molecule has 120 valence electrons. The van der Waals surface area contributed by atoms with Crippen molar-refractivity contribution in [1.82, 2.24) is 15.3 Å². The Kier molecular flexibility index (Phi) is 5.01. The zero-order chi connectivity index (χ0) is 16.1. The highest BCUT2D eigenvalue weighted by Gasteiger charge is 2.18. The van der Waals surface area contributed by atoms with Crippen LogP contribution in [-0.2, 0) is 6.42 Å². The highest BCUT2D eigenvalue weighted by molar-refractivity contribution is 5.95. The first-order valence-corrected chi connectivity index (χ1v) is 8.39. The number of benzene rings is 1. The van der Waals surface area contributed by atoms with Crippen molar-refractivity contribution in [2.24, 2.45) is 0 Å². The molecule has 0 radical (unpaired) electrons. The van der Waals surface area contributed by atoms with E-state index in [9.17, 15) is 4.79 Å². The molecule has 0 aliphatic heterocycles. The molecule has 4 nitrogen and oxygen atoms in total. The van der Waals surface area contributed by atoms with Crippen molar-refractivity contribution in [3.8, 4) is 0 Å². The van der Waals surface area contributed by atoms with Crippen molar-refractivity contribution in [3.05, 3.63) is 59.2 Å². The summed E-state index contributed by atoms with van der Waals surface area (Å²) >= 11 is 0. The predicted octanol–water partition coefficient (Wildman–Crippen LogP) is 3.44. The summed E-state index contributed by atoms with van der Waals surface area (Å²) in [7, 11) is 0. The molecule has 0 bridgehead atoms. The van der Waals surface area contributed by atoms with E-state index in [-0.39, 0.29) is 5.91 Å². The summed E-state index contributed by atoms with van der Waals surface area (Å²) in [6.07, 6.45) is 8.20. The van der Waals surface area contributed by atoms with Gasteiger partial charge in [-0.3, -0.25) is 4.79 Å². The maximum absolute atomic E-state index is 12.4. The predicted molar refractivity (Wildman–Crippen MR) is 90.4 cm³/mol. The molecule has 1 N–H and O–H groups in total. The number of rotatable bonds is 4. The summed E-state index contributed by atoms with van der Waals surface area (Å²) in [5.41, 5.74) is 2.51. The fraction of sp³-hybridized carbons (Fsp3) is 0.421. The third-order valence-electron chi connectivity index (χ3n) is 4.42. The van der Waals surface area contributed by atoms with E-state index in [4.69, 9.17) is 0 Å². The van der Waals surface area contributed by atoms with Gasteiger partial charge in [-0.25, -0.2) is 9.97 Å². The molecule has 0 unspecified atom stereocenters. The van der Waals surface area contributed by atoms with E-state index in [1.54, 1.807) is 6.20 Å². The Morgan fingerprint density at radius 1 is 1.17 bits per heavy atom. The molecule has 1 heterocycles. The Hall–Kier alpha value is -2.23. The highest BCUT2D eigenvalue weighted by Crippen LogP contribution is 2.18. The average molecular weight is 309 g/mol. The molecular weight excluding hydrogens is 286 g/mol. The molecule has 0 saturated heterocycles. The molecule has 1 fully saturated rings.